The van der Waals surface area contributed by atoms with Crippen LogP contribution in [0.25, 0.3) is 6.08 Å². The van der Waals surface area contributed by atoms with Crippen LogP contribution in [0.3, 0.4) is 0 Å². The van der Waals surface area contributed by atoms with Gasteiger partial charge in [-0.1, -0.05) is 17.7 Å². The highest BCUT2D eigenvalue weighted by molar-refractivity contribution is 8.01. The molecule has 0 radical (unpaired) electrons. The van der Waals surface area contributed by atoms with Gasteiger partial charge in [0.15, 0.2) is 0 Å². The predicted molar refractivity (Wildman–Crippen MR) is 51.8 cm³/mol. The van der Waals surface area contributed by atoms with Crippen LogP contribution >= 0.6 is 23.4 Å². The third kappa shape index (κ3) is 2.56. The summed E-state index contributed by atoms with van der Waals surface area (Å²) in [5, 5.41) is 2.53. The first-order valence-electron chi connectivity index (χ1n) is 3.14. The van der Waals surface area contributed by atoms with Crippen LogP contribution < -0.4 is 0 Å². The van der Waals surface area contributed by atoms with E-state index in [-0.39, 0.29) is 0 Å². The molecule has 0 amide bonds. The minimum Gasteiger partial charge on any atom is -0.244 e. The minimum absolute atomic E-state index is 0.554. The number of nitrogens with zero attached hydrogens (tertiary/aromatic N) is 1. The van der Waals surface area contributed by atoms with E-state index in [1.165, 1.54) is 0 Å². The van der Waals surface area contributed by atoms with Gasteiger partial charge >= 0.3 is 0 Å². The molecule has 3 heteroatoms. The summed E-state index contributed by atoms with van der Waals surface area (Å²) in [6.07, 6.45) is 5.62. The molecule has 0 aliphatic carbocycles. The predicted octanol–water partition coefficient (Wildman–Crippen LogP) is 3.07. The van der Waals surface area contributed by atoms with Crippen molar-refractivity contribution in [1.82, 2.24) is 4.98 Å². The standard InChI is InChI=1S/C8H8ClNS/c1-11-6-4-7-3-2-5-10-8(7)9/h2-6H,1H3/b6-4+. The molecule has 0 unspecified atom stereocenters. The molecular formula is C8H8ClNS. The molecule has 0 saturated heterocycles. The zero-order valence-electron chi connectivity index (χ0n) is 6.12. The molecule has 58 valence electrons. The molecular weight excluding hydrogens is 178 g/mol. The first kappa shape index (κ1) is 8.62. The number of hydrogen-bond donors (Lipinski definition) is 0. The van der Waals surface area contributed by atoms with Gasteiger partial charge < -0.3 is 0 Å². The lowest BCUT2D eigenvalue weighted by atomic mass is 10.3. The molecule has 1 nitrogen and oxygen atoms in total. The lowest BCUT2D eigenvalue weighted by molar-refractivity contribution is 1.32. The van der Waals surface area contributed by atoms with E-state index in [4.69, 9.17) is 11.6 Å². The summed E-state index contributed by atoms with van der Waals surface area (Å²) in [5.41, 5.74) is 0.962. The van der Waals surface area contributed by atoms with E-state index in [1.54, 1.807) is 18.0 Å². The van der Waals surface area contributed by atoms with Crippen LogP contribution in [0.15, 0.2) is 23.7 Å². The van der Waals surface area contributed by atoms with Crippen LogP contribution in [0.2, 0.25) is 5.15 Å². The van der Waals surface area contributed by atoms with Gasteiger partial charge in [0.25, 0.3) is 0 Å². The first-order valence-corrected chi connectivity index (χ1v) is 4.81. The van der Waals surface area contributed by atoms with Crippen LogP contribution in [-0.2, 0) is 0 Å². The summed E-state index contributed by atoms with van der Waals surface area (Å²) in [4.78, 5) is 3.94. The molecule has 0 bridgehead atoms. The summed E-state index contributed by atoms with van der Waals surface area (Å²) in [6, 6.07) is 3.80. The van der Waals surface area contributed by atoms with Gasteiger partial charge in [-0.2, -0.15) is 0 Å². The first-order chi connectivity index (χ1) is 5.34. The fourth-order valence-corrected chi connectivity index (χ4v) is 1.13. The second-order valence-electron chi connectivity index (χ2n) is 1.92. The number of halogens is 1. The molecule has 11 heavy (non-hydrogen) atoms. The van der Waals surface area contributed by atoms with Crippen molar-refractivity contribution in [2.24, 2.45) is 0 Å². The van der Waals surface area contributed by atoms with E-state index in [0.29, 0.717) is 5.15 Å². The zero-order valence-corrected chi connectivity index (χ0v) is 7.69. The Hall–Kier alpha value is -0.470. The third-order valence-corrected chi connectivity index (χ3v) is 1.90. The van der Waals surface area contributed by atoms with Crippen molar-refractivity contribution in [2.45, 2.75) is 0 Å². The Kier molecular flexibility index (Phi) is 3.46. The van der Waals surface area contributed by atoms with Gasteiger partial charge in [-0.25, -0.2) is 4.98 Å². The topological polar surface area (TPSA) is 12.9 Å². The highest BCUT2D eigenvalue weighted by Gasteiger charge is 1.92. The Morgan fingerprint density at radius 3 is 3.09 bits per heavy atom. The lowest BCUT2D eigenvalue weighted by Gasteiger charge is -1.93. The number of rotatable bonds is 2. The Morgan fingerprint density at radius 2 is 2.45 bits per heavy atom. The van der Waals surface area contributed by atoms with Gasteiger partial charge in [-0.3, -0.25) is 0 Å². The number of pyridine rings is 1. The van der Waals surface area contributed by atoms with Gasteiger partial charge in [0, 0.05) is 11.8 Å². The molecule has 1 aromatic rings. The van der Waals surface area contributed by atoms with Gasteiger partial charge in [0.2, 0.25) is 0 Å². The molecule has 0 N–H and O–H groups in total. The Bertz CT molecular complexity index is 260. The molecule has 0 aromatic carbocycles. The van der Waals surface area contributed by atoms with E-state index >= 15 is 0 Å². The molecule has 0 aliphatic rings. The van der Waals surface area contributed by atoms with Crippen LogP contribution in [-0.4, -0.2) is 11.2 Å². The van der Waals surface area contributed by atoms with E-state index in [1.807, 2.05) is 29.9 Å². The Balaban J connectivity index is 2.86. The van der Waals surface area contributed by atoms with Crippen molar-refractivity contribution in [3.05, 3.63) is 34.5 Å². The maximum atomic E-state index is 5.79. The quantitative estimate of drug-likeness (QED) is 0.657. The molecule has 0 aliphatic heterocycles. The number of aromatic nitrogens is 1. The second-order valence-corrected chi connectivity index (χ2v) is 3.02. The maximum absolute atomic E-state index is 5.79. The SMILES string of the molecule is CS/C=C/c1cccnc1Cl. The highest BCUT2D eigenvalue weighted by Crippen LogP contribution is 2.14. The molecule has 1 aromatic heterocycles. The summed E-state index contributed by atoms with van der Waals surface area (Å²) >= 11 is 7.43. The van der Waals surface area contributed by atoms with Crippen LogP contribution in [0, 0.1) is 0 Å². The molecule has 1 rings (SSSR count). The normalized spacial score (nSPS) is 10.7. The lowest BCUT2D eigenvalue weighted by Crippen LogP contribution is -1.77. The van der Waals surface area contributed by atoms with Gasteiger partial charge in [0.1, 0.15) is 5.15 Å². The van der Waals surface area contributed by atoms with Crippen molar-refractivity contribution in [2.75, 3.05) is 6.26 Å². The average Bonchev–Trinajstić information content (AvgIpc) is 2.03. The highest BCUT2D eigenvalue weighted by atomic mass is 35.5. The summed E-state index contributed by atoms with van der Waals surface area (Å²) < 4.78 is 0. The third-order valence-electron chi connectivity index (χ3n) is 1.17. The molecule has 0 atom stereocenters. The summed E-state index contributed by atoms with van der Waals surface area (Å²) in [5.74, 6) is 0. The van der Waals surface area contributed by atoms with Crippen LogP contribution in [0.1, 0.15) is 5.56 Å². The molecule has 0 fully saturated rings. The Morgan fingerprint density at radius 1 is 1.64 bits per heavy atom. The summed E-state index contributed by atoms with van der Waals surface area (Å²) in [6.45, 7) is 0. The van der Waals surface area contributed by atoms with Crippen LogP contribution in [0.5, 0.6) is 0 Å². The number of hydrogen-bond acceptors (Lipinski definition) is 2. The van der Waals surface area contributed by atoms with Crippen molar-refractivity contribution in [1.29, 1.82) is 0 Å². The second kappa shape index (κ2) is 4.42. The van der Waals surface area contributed by atoms with Gasteiger partial charge in [-0.05, 0) is 23.8 Å². The van der Waals surface area contributed by atoms with E-state index in [9.17, 15) is 0 Å². The van der Waals surface area contributed by atoms with Crippen molar-refractivity contribution in [3.8, 4) is 0 Å². The van der Waals surface area contributed by atoms with E-state index in [0.717, 1.165) is 5.56 Å². The van der Waals surface area contributed by atoms with E-state index < -0.39 is 0 Å². The fraction of sp³-hybridized carbons (Fsp3) is 0.125. The average molecular weight is 186 g/mol. The monoisotopic (exact) mass is 185 g/mol. The molecule has 1 heterocycles. The molecule has 0 spiro atoms. The minimum atomic E-state index is 0.554. The fourth-order valence-electron chi connectivity index (χ4n) is 0.664. The smallest absolute Gasteiger partial charge is 0.136 e. The zero-order chi connectivity index (χ0) is 8.10. The van der Waals surface area contributed by atoms with Crippen molar-refractivity contribution in [3.63, 3.8) is 0 Å². The van der Waals surface area contributed by atoms with Crippen molar-refractivity contribution >= 4 is 29.4 Å². The molecule has 0 saturated carbocycles. The van der Waals surface area contributed by atoms with Crippen molar-refractivity contribution < 1.29 is 0 Å². The number of thioether (sulfide) groups is 1. The summed E-state index contributed by atoms with van der Waals surface area (Å²) in [7, 11) is 0. The largest absolute Gasteiger partial charge is 0.244 e. The maximum Gasteiger partial charge on any atom is 0.136 e. The van der Waals surface area contributed by atoms with Gasteiger partial charge in [0.05, 0.1) is 0 Å². The Labute approximate surface area is 75.5 Å². The van der Waals surface area contributed by atoms with Gasteiger partial charge in [-0.15, -0.1) is 11.8 Å². The van der Waals surface area contributed by atoms with E-state index in [2.05, 4.69) is 4.98 Å². The van der Waals surface area contributed by atoms with Crippen LogP contribution in [0.4, 0.5) is 0 Å².